The lowest BCUT2D eigenvalue weighted by Crippen LogP contribution is -2.31. The minimum Gasteiger partial charge on any atom is -0.395 e. The van der Waals surface area contributed by atoms with Crippen molar-refractivity contribution in [2.75, 3.05) is 13.2 Å². The van der Waals surface area contributed by atoms with Crippen molar-refractivity contribution in [3.8, 4) is 0 Å². The van der Waals surface area contributed by atoms with E-state index < -0.39 is 4.92 Å². The third-order valence-corrected chi connectivity index (χ3v) is 3.28. The van der Waals surface area contributed by atoms with Gasteiger partial charge in [-0.1, -0.05) is 18.2 Å². The zero-order valence-electron chi connectivity index (χ0n) is 12.9. The van der Waals surface area contributed by atoms with Crippen molar-refractivity contribution in [3.05, 3.63) is 76.1 Å². The number of hydrogen-bond acceptors (Lipinski definition) is 5. The molecular weight excluding hydrogens is 310 g/mol. The molecule has 0 radical (unpaired) electrons. The summed E-state index contributed by atoms with van der Waals surface area (Å²) in [6.45, 7) is 0.357. The van der Waals surface area contributed by atoms with Gasteiger partial charge in [-0.15, -0.1) is 0 Å². The van der Waals surface area contributed by atoms with Gasteiger partial charge in [-0.3, -0.25) is 19.9 Å². The fourth-order valence-electron chi connectivity index (χ4n) is 2.11. The number of carbonyl (C=O) groups excluding carboxylic acids is 1. The van der Waals surface area contributed by atoms with Crippen molar-refractivity contribution >= 4 is 17.7 Å². The highest BCUT2D eigenvalue weighted by Gasteiger charge is 2.11. The molecule has 124 valence electrons. The Morgan fingerprint density at radius 3 is 2.83 bits per heavy atom. The number of nitro benzene ring substituents is 1. The second-order valence-corrected chi connectivity index (χ2v) is 5.03. The first-order valence-electron chi connectivity index (χ1n) is 7.31. The standard InChI is InChI=1S/C17H17N3O4/c21-10-9-19(13-15-4-2-8-18-12-15)17(22)7-6-14-3-1-5-16(11-14)20(23)24/h1-8,11-12,21H,9-10,13H2/b7-6+. The van der Waals surface area contributed by atoms with E-state index in [4.69, 9.17) is 5.11 Å². The van der Waals surface area contributed by atoms with Crippen molar-refractivity contribution in [1.82, 2.24) is 9.88 Å². The minimum absolute atomic E-state index is 0.0350. The summed E-state index contributed by atoms with van der Waals surface area (Å²) < 4.78 is 0. The number of nitrogens with zero attached hydrogens (tertiary/aromatic N) is 3. The Hall–Kier alpha value is -3.06. The number of rotatable bonds is 7. The van der Waals surface area contributed by atoms with Crippen LogP contribution in [0.3, 0.4) is 0 Å². The van der Waals surface area contributed by atoms with Crippen LogP contribution in [0.1, 0.15) is 11.1 Å². The number of carbonyl (C=O) groups is 1. The van der Waals surface area contributed by atoms with Crippen LogP contribution < -0.4 is 0 Å². The third kappa shape index (κ3) is 4.99. The van der Waals surface area contributed by atoms with Crippen molar-refractivity contribution in [2.24, 2.45) is 0 Å². The Balaban J connectivity index is 2.09. The van der Waals surface area contributed by atoms with E-state index in [0.29, 0.717) is 12.1 Å². The van der Waals surface area contributed by atoms with Crippen LogP contribution >= 0.6 is 0 Å². The highest BCUT2D eigenvalue weighted by molar-refractivity contribution is 5.91. The topological polar surface area (TPSA) is 96.6 Å². The maximum absolute atomic E-state index is 12.3. The van der Waals surface area contributed by atoms with Crippen LogP contribution in [-0.4, -0.2) is 39.0 Å². The summed E-state index contributed by atoms with van der Waals surface area (Å²) in [6.07, 6.45) is 6.15. The summed E-state index contributed by atoms with van der Waals surface area (Å²) in [4.78, 5) is 28.0. The van der Waals surface area contributed by atoms with Crippen LogP contribution in [0.15, 0.2) is 54.9 Å². The zero-order valence-corrected chi connectivity index (χ0v) is 12.9. The molecule has 7 heteroatoms. The van der Waals surface area contributed by atoms with Gasteiger partial charge >= 0.3 is 0 Å². The maximum Gasteiger partial charge on any atom is 0.270 e. The van der Waals surface area contributed by atoms with Crippen molar-refractivity contribution in [3.63, 3.8) is 0 Å². The normalized spacial score (nSPS) is 10.7. The number of aliphatic hydroxyl groups excluding tert-OH is 1. The molecule has 1 heterocycles. The van der Waals surface area contributed by atoms with E-state index in [1.807, 2.05) is 6.07 Å². The van der Waals surface area contributed by atoms with Crippen LogP contribution in [-0.2, 0) is 11.3 Å². The van der Waals surface area contributed by atoms with Gasteiger partial charge in [0.15, 0.2) is 0 Å². The summed E-state index contributed by atoms with van der Waals surface area (Å²) in [5.74, 6) is -0.292. The lowest BCUT2D eigenvalue weighted by Gasteiger charge is -2.20. The first kappa shape index (κ1) is 17.3. The molecule has 1 aromatic heterocycles. The number of benzene rings is 1. The average molecular weight is 327 g/mol. The van der Waals surface area contributed by atoms with Gasteiger partial charge in [-0.25, -0.2) is 0 Å². The molecule has 1 N–H and O–H groups in total. The van der Waals surface area contributed by atoms with Crippen LogP contribution in [0.4, 0.5) is 5.69 Å². The van der Waals surface area contributed by atoms with Crippen LogP contribution in [0, 0.1) is 10.1 Å². The number of hydrogen-bond donors (Lipinski definition) is 1. The second-order valence-electron chi connectivity index (χ2n) is 5.03. The van der Waals surface area contributed by atoms with E-state index in [1.54, 1.807) is 30.6 Å². The van der Waals surface area contributed by atoms with E-state index in [9.17, 15) is 14.9 Å². The van der Waals surface area contributed by atoms with Crippen LogP contribution in [0.5, 0.6) is 0 Å². The summed E-state index contributed by atoms with van der Waals surface area (Å²) in [5.41, 5.74) is 1.37. The molecule has 0 unspecified atom stereocenters. The number of amides is 1. The van der Waals surface area contributed by atoms with E-state index in [1.165, 1.54) is 29.2 Å². The molecule has 0 fully saturated rings. The average Bonchev–Trinajstić information content (AvgIpc) is 2.60. The molecule has 7 nitrogen and oxygen atoms in total. The Labute approximate surface area is 139 Å². The lowest BCUT2D eigenvalue weighted by atomic mass is 10.2. The fourth-order valence-corrected chi connectivity index (χ4v) is 2.11. The summed E-state index contributed by atoms with van der Waals surface area (Å²) >= 11 is 0. The SMILES string of the molecule is O=C(/C=C/c1cccc([N+](=O)[O-])c1)N(CCO)Cc1cccnc1. The predicted octanol–water partition coefficient (Wildman–Crippen LogP) is 2.02. The van der Waals surface area contributed by atoms with Gasteiger partial charge in [0.05, 0.1) is 11.5 Å². The van der Waals surface area contributed by atoms with Gasteiger partial charge in [0.25, 0.3) is 5.69 Å². The molecule has 0 aliphatic rings. The number of non-ortho nitro benzene ring substituents is 1. The molecule has 0 atom stereocenters. The molecule has 0 saturated heterocycles. The van der Waals surface area contributed by atoms with Crippen LogP contribution in [0.25, 0.3) is 6.08 Å². The van der Waals surface area contributed by atoms with Crippen molar-refractivity contribution < 1.29 is 14.8 Å². The van der Waals surface area contributed by atoms with Gasteiger partial charge in [0.1, 0.15) is 0 Å². The largest absolute Gasteiger partial charge is 0.395 e. The first-order chi connectivity index (χ1) is 11.6. The zero-order chi connectivity index (χ0) is 17.4. The number of nitro groups is 1. The molecule has 2 rings (SSSR count). The molecule has 0 aliphatic heterocycles. The van der Waals surface area contributed by atoms with Gasteiger partial charge in [0.2, 0.25) is 5.91 Å². The monoisotopic (exact) mass is 327 g/mol. The Morgan fingerprint density at radius 1 is 1.33 bits per heavy atom. The Kier molecular flexibility index (Phi) is 6.16. The Morgan fingerprint density at radius 2 is 2.17 bits per heavy atom. The molecule has 1 amide bonds. The summed E-state index contributed by atoms with van der Waals surface area (Å²) in [6, 6.07) is 9.63. The molecule has 0 bridgehead atoms. The molecule has 0 aliphatic carbocycles. The number of pyridine rings is 1. The van der Waals surface area contributed by atoms with Crippen molar-refractivity contribution in [2.45, 2.75) is 6.54 Å². The number of aromatic nitrogens is 1. The fraction of sp³-hybridized carbons (Fsp3) is 0.176. The molecule has 1 aromatic carbocycles. The summed E-state index contributed by atoms with van der Waals surface area (Å²) in [5, 5.41) is 19.9. The Bertz CT molecular complexity index is 732. The van der Waals surface area contributed by atoms with Gasteiger partial charge < -0.3 is 10.0 Å². The quantitative estimate of drug-likeness (QED) is 0.477. The first-order valence-corrected chi connectivity index (χ1v) is 7.31. The van der Waals surface area contributed by atoms with Gasteiger partial charge in [-0.05, 0) is 23.3 Å². The highest BCUT2D eigenvalue weighted by atomic mass is 16.6. The molecule has 0 saturated carbocycles. The predicted molar refractivity (Wildman–Crippen MR) is 88.9 cm³/mol. The van der Waals surface area contributed by atoms with Gasteiger partial charge in [0, 0.05) is 43.7 Å². The lowest BCUT2D eigenvalue weighted by molar-refractivity contribution is -0.384. The third-order valence-electron chi connectivity index (χ3n) is 3.28. The molecule has 2 aromatic rings. The number of aliphatic hydroxyl groups is 1. The molecule has 0 spiro atoms. The van der Waals surface area contributed by atoms with E-state index in [0.717, 1.165) is 5.56 Å². The smallest absolute Gasteiger partial charge is 0.270 e. The van der Waals surface area contributed by atoms with E-state index in [-0.39, 0.29) is 24.7 Å². The second kappa shape index (κ2) is 8.54. The van der Waals surface area contributed by atoms with Crippen LogP contribution in [0.2, 0.25) is 0 Å². The van der Waals surface area contributed by atoms with E-state index in [2.05, 4.69) is 4.98 Å². The van der Waals surface area contributed by atoms with Crippen molar-refractivity contribution in [1.29, 1.82) is 0 Å². The molecule has 24 heavy (non-hydrogen) atoms. The van der Waals surface area contributed by atoms with Gasteiger partial charge in [-0.2, -0.15) is 0 Å². The minimum atomic E-state index is -0.486. The highest BCUT2D eigenvalue weighted by Crippen LogP contribution is 2.14. The molecular formula is C17H17N3O4. The summed E-state index contributed by atoms with van der Waals surface area (Å²) in [7, 11) is 0. The van der Waals surface area contributed by atoms with E-state index >= 15 is 0 Å². The maximum atomic E-state index is 12.3.